The minimum absolute atomic E-state index is 0.318. The van der Waals surface area contributed by atoms with E-state index in [-0.39, 0.29) is 0 Å². The molecular formula is C10H14BrFN2O2S. The van der Waals surface area contributed by atoms with Crippen molar-refractivity contribution in [2.75, 3.05) is 17.8 Å². The van der Waals surface area contributed by atoms with E-state index in [1.165, 1.54) is 22.5 Å². The molecule has 1 aromatic rings. The Morgan fingerprint density at radius 3 is 2.41 bits per heavy atom. The quantitative estimate of drug-likeness (QED) is 0.905. The first-order valence-corrected chi connectivity index (χ1v) is 7.37. The van der Waals surface area contributed by atoms with Gasteiger partial charge in [-0.05, 0) is 34.1 Å². The number of hydrogen-bond acceptors (Lipinski definition) is 2. The van der Waals surface area contributed by atoms with Gasteiger partial charge < -0.3 is 0 Å². The molecule has 4 nitrogen and oxygen atoms in total. The lowest BCUT2D eigenvalue weighted by molar-refractivity contribution is 0.449. The molecule has 1 aromatic carbocycles. The molecule has 0 atom stereocenters. The summed E-state index contributed by atoms with van der Waals surface area (Å²) in [5.74, 6) is -0.428. The van der Waals surface area contributed by atoms with Crippen LogP contribution >= 0.6 is 15.9 Å². The van der Waals surface area contributed by atoms with E-state index >= 15 is 0 Å². The highest BCUT2D eigenvalue weighted by Gasteiger charge is 2.19. The van der Waals surface area contributed by atoms with Crippen molar-refractivity contribution in [2.24, 2.45) is 0 Å². The van der Waals surface area contributed by atoms with Crippen LogP contribution in [0.4, 0.5) is 10.1 Å². The van der Waals surface area contributed by atoms with Crippen molar-refractivity contribution < 1.29 is 12.8 Å². The number of halogens is 2. The fourth-order valence-electron chi connectivity index (χ4n) is 1.34. The van der Waals surface area contributed by atoms with Gasteiger partial charge in [-0.1, -0.05) is 13.8 Å². The molecule has 96 valence electrons. The van der Waals surface area contributed by atoms with Crippen LogP contribution in [0.1, 0.15) is 13.8 Å². The number of benzene rings is 1. The highest BCUT2D eigenvalue weighted by atomic mass is 79.9. The summed E-state index contributed by atoms with van der Waals surface area (Å²) in [7, 11) is -3.58. The van der Waals surface area contributed by atoms with Gasteiger partial charge in [0.15, 0.2) is 0 Å². The predicted molar refractivity (Wildman–Crippen MR) is 69.6 cm³/mol. The lowest BCUT2D eigenvalue weighted by Gasteiger charge is -2.19. The number of nitrogens with one attached hydrogen (secondary N) is 1. The molecule has 0 radical (unpaired) electrons. The fourth-order valence-corrected chi connectivity index (χ4v) is 3.19. The van der Waals surface area contributed by atoms with E-state index in [1.807, 2.05) is 0 Å². The van der Waals surface area contributed by atoms with Crippen LogP contribution < -0.4 is 4.72 Å². The maximum Gasteiger partial charge on any atom is 0.301 e. The van der Waals surface area contributed by atoms with Crippen molar-refractivity contribution in [2.45, 2.75) is 13.8 Å². The van der Waals surface area contributed by atoms with Gasteiger partial charge in [-0.15, -0.1) is 0 Å². The van der Waals surface area contributed by atoms with Crippen molar-refractivity contribution in [3.05, 3.63) is 28.5 Å². The third-order valence-corrected chi connectivity index (χ3v) is 4.55. The van der Waals surface area contributed by atoms with E-state index in [0.29, 0.717) is 23.2 Å². The molecule has 0 bridgehead atoms. The van der Waals surface area contributed by atoms with Gasteiger partial charge in [-0.3, -0.25) is 4.72 Å². The van der Waals surface area contributed by atoms with Gasteiger partial charge >= 0.3 is 10.2 Å². The highest BCUT2D eigenvalue weighted by Crippen LogP contribution is 2.24. The molecule has 0 fully saturated rings. The first kappa shape index (κ1) is 14.4. The highest BCUT2D eigenvalue weighted by molar-refractivity contribution is 9.10. The summed E-state index contributed by atoms with van der Waals surface area (Å²) in [6.45, 7) is 4.26. The molecule has 0 saturated heterocycles. The molecule has 0 amide bonds. The normalized spacial score (nSPS) is 11.8. The number of hydrogen-bond donors (Lipinski definition) is 1. The summed E-state index contributed by atoms with van der Waals surface area (Å²) in [6.07, 6.45) is 0. The second-order valence-electron chi connectivity index (χ2n) is 3.32. The van der Waals surface area contributed by atoms with Crippen molar-refractivity contribution >= 4 is 31.8 Å². The van der Waals surface area contributed by atoms with Gasteiger partial charge in [0.05, 0.1) is 5.69 Å². The summed E-state index contributed by atoms with van der Waals surface area (Å²) in [4.78, 5) is 0. The van der Waals surface area contributed by atoms with Crippen LogP contribution in [0, 0.1) is 5.82 Å². The summed E-state index contributed by atoms with van der Waals surface area (Å²) < 4.78 is 40.7. The Labute approximate surface area is 109 Å². The van der Waals surface area contributed by atoms with Gasteiger partial charge in [0.1, 0.15) is 5.82 Å². The van der Waals surface area contributed by atoms with Crippen molar-refractivity contribution in [3.8, 4) is 0 Å². The van der Waals surface area contributed by atoms with Crippen molar-refractivity contribution in [1.82, 2.24) is 4.31 Å². The van der Waals surface area contributed by atoms with Crippen LogP contribution in [-0.4, -0.2) is 25.8 Å². The van der Waals surface area contributed by atoms with E-state index in [2.05, 4.69) is 20.7 Å². The number of rotatable bonds is 5. The third-order valence-electron chi connectivity index (χ3n) is 2.22. The molecule has 0 heterocycles. The lowest BCUT2D eigenvalue weighted by Crippen LogP contribution is -2.35. The van der Waals surface area contributed by atoms with Crippen molar-refractivity contribution in [1.29, 1.82) is 0 Å². The Morgan fingerprint density at radius 2 is 1.94 bits per heavy atom. The van der Waals surface area contributed by atoms with Crippen LogP contribution in [-0.2, 0) is 10.2 Å². The number of nitrogens with zero attached hydrogens (tertiary/aromatic N) is 1. The van der Waals surface area contributed by atoms with Crippen LogP contribution in [0.3, 0.4) is 0 Å². The number of anilines is 1. The predicted octanol–water partition coefficient (Wildman–Crippen LogP) is 2.59. The first-order valence-electron chi connectivity index (χ1n) is 5.13. The Hall–Kier alpha value is -0.660. The molecule has 0 aliphatic rings. The van der Waals surface area contributed by atoms with E-state index < -0.39 is 16.0 Å². The van der Waals surface area contributed by atoms with Gasteiger partial charge in [0, 0.05) is 17.6 Å². The zero-order chi connectivity index (χ0) is 13.1. The first-order chi connectivity index (χ1) is 7.90. The summed E-state index contributed by atoms with van der Waals surface area (Å²) in [6, 6.07) is 3.78. The minimum Gasteiger partial charge on any atom is -0.270 e. The Kier molecular flexibility index (Phi) is 4.91. The molecular weight excluding hydrogens is 311 g/mol. The van der Waals surface area contributed by atoms with Crippen LogP contribution in [0.5, 0.6) is 0 Å². The monoisotopic (exact) mass is 324 g/mol. The Morgan fingerprint density at radius 1 is 1.35 bits per heavy atom. The van der Waals surface area contributed by atoms with Crippen LogP contribution in [0.15, 0.2) is 22.7 Å². The van der Waals surface area contributed by atoms with E-state index in [1.54, 1.807) is 13.8 Å². The third kappa shape index (κ3) is 3.65. The maximum absolute atomic E-state index is 12.9. The summed E-state index contributed by atoms with van der Waals surface area (Å²) >= 11 is 3.11. The average molecular weight is 325 g/mol. The van der Waals surface area contributed by atoms with Gasteiger partial charge in [-0.2, -0.15) is 12.7 Å². The van der Waals surface area contributed by atoms with Gasteiger partial charge in [0.2, 0.25) is 0 Å². The lowest BCUT2D eigenvalue weighted by atomic mass is 10.3. The second kappa shape index (κ2) is 5.79. The molecule has 1 N–H and O–H groups in total. The van der Waals surface area contributed by atoms with Crippen molar-refractivity contribution in [3.63, 3.8) is 0 Å². The fraction of sp³-hybridized carbons (Fsp3) is 0.400. The molecule has 0 aliphatic heterocycles. The molecule has 0 saturated carbocycles. The summed E-state index contributed by atoms with van der Waals surface area (Å²) in [5, 5.41) is 0. The largest absolute Gasteiger partial charge is 0.301 e. The molecule has 0 unspecified atom stereocenters. The van der Waals surface area contributed by atoms with E-state index in [9.17, 15) is 12.8 Å². The SMILES string of the molecule is CCN(CC)S(=O)(=O)Nc1ccc(F)cc1Br. The summed E-state index contributed by atoms with van der Waals surface area (Å²) in [5.41, 5.74) is 0.318. The Bertz CT molecular complexity index is 489. The average Bonchev–Trinajstić information content (AvgIpc) is 2.23. The molecule has 1 rings (SSSR count). The zero-order valence-corrected chi connectivity index (χ0v) is 12.0. The van der Waals surface area contributed by atoms with Crippen LogP contribution in [0.25, 0.3) is 0 Å². The molecule has 17 heavy (non-hydrogen) atoms. The molecule has 7 heteroatoms. The Balaban J connectivity index is 2.98. The maximum atomic E-state index is 12.9. The molecule has 0 aromatic heterocycles. The second-order valence-corrected chi connectivity index (χ2v) is 5.84. The van der Waals surface area contributed by atoms with E-state index in [4.69, 9.17) is 0 Å². The van der Waals surface area contributed by atoms with Crippen LogP contribution in [0.2, 0.25) is 0 Å². The topological polar surface area (TPSA) is 49.4 Å². The van der Waals surface area contributed by atoms with Gasteiger partial charge in [0.25, 0.3) is 0 Å². The zero-order valence-electron chi connectivity index (χ0n) is 9.57. The smallest absolute Gasteiger partial charge is 0.270 e. The minimum atomic E-state index is -3.58. The standard InChI is InChI=1S/C10H14BrFN2O2S/c1-3-14(4-2)17(15,16)13-10-6-5-8(12)7-9(10)11/h5-7,13H,3-4H2,1-2H3. The van der Waals surface area contributed by atoms with Gasteiger partial charge in [-0.25, -0.2) is 4.39 Å². The molecule has 0 spiro atoms. The molecule has 0 aliphatic carbocycles. The van der Waals surface area contributed by atoms with E-state index in [0.717, 1.165) is 0 Å².